The van der Waals surface area contributed by atoms with Gasteiger partial charge in [0.25, 0.3) is 0 Å². The van der Waals surface area contributed by atoms with Gasteiger partial charge in [-0.3, -0.25) is 4.79 Å². The lowest BCUT2D eigenvalue weighted by atomic mass is 9.54. The lowest BCUT2D eigenvalue weighted by molar-refractivity contribution is -0.406. The normalized spacial score (nSPS) is 48.4. The number of ketones is 1. The van der Waals surface area contributed by atoms with Crippen molar-refractivity contribution in [3.05, 3.63) is 48.1 Å². The highest BCUT2D eigenvalue weighted by atomic mass is 16.9. The van der Waals surface area contributed by atoms with Crippen molar-refractivity contribution in [1.82, 2.24) is 0 Å². The molecule has 3 bridgehead atoms. The number of rotatable bonds is 12. The van der Waals surface area contributed by atoms with Crippen LogP contribution in [0, 0.1) is 17.8 Å². The Morgan fingerprint density at radius 3 is 2.50 bits per heavy atom. The molecule has 0 unspecified atom stereocenters. The molecule has 8 nitrogen and oxygen atoms in total. The monoisotopic (exact) mass is 584 g/mol. The largest absolute Gasteiger partial charge is 0.393 e. The molecule has 3 saturated heterocycles. The van der Waals surface area contributed by atoms with E-state index in [0.29, 0.717) is 12.0 Å². The molecule has 232 valence electrons. The first-order valence-electron chi connectivity index (χ1n) is 16.0. The minimum absolute atomic E-state index is 0.236. The number of hydrogen-bond donors (Lipinski definition) is 3. The number of carbonyl (C=O) groups excluding carboxylic acids is 1. The van der Waals surface area contributed by atoms with Crippen LogP contribution in [0.2, 0.25) is 0 Å². The van der Waals surface area contributed by atoms with Gasteiger partial charge in [0, 0.05) is 17.9 Å². The summed E-state index contributed by atoms with van der Waals surface area (Å²) in [5.74, 6) is -3.80. The molecule has 2 saturated carbocycles. The maximum Gasteiger partial charge on any atom is 0.306 e. The van der Waals surface area contributed by atoms with Crippen LogP contribution in [-0.2, 0) is 23.7 Å². The van der Waals surface area contributed by atoms with Crippen molar-refractivity contribution in [3.63, 3.8) is 0 Å². The number of carbonyl (C=O) groups is 1. The molecule has 6 rings (SSSR count). The fourth-order valence-corrected chi connectivity index (χ4v) is 8.98. The van der Waals surface area contributed by atoms with Crippen molar-refractivity contribution >= 4 is 5.78 Å². The summed E-state index contributed by atoms with van der Waals surface area (Å²) < 4.78 is 26.5. The van der Waals surface area contributed by atoms with Crippen LogP contribution < -0.4 is 0 Å². The zero-order chi connectivity index (χ0) is 30.1. The van der Waals surface area contributed by atoms with Crippen LogP contribution in [0.15, 0.2) is 48.1 Å². The standard InChI is InChI=1S/C34H48O8/c1-6-7-8-9-10-11-12-13-14-15-16-17-32-40-27-25-28-31(20-35,39-28)29(37)33(38)24(18-22(4)26(33)36)34(25,42-32)23(5)19-30(27,41-32)21(2)3/h14-18,23-25,27-29,35,37-38H,2,6-13,19-20H2,1,3-5H3/b15-14+,17-16-/t23-,24+,25+,27+,28-,29+,30+,31-,32+,33+,34+/m0/s1. The van der Waals surface area contributed by atoms with Gasteiger partial charge < -0.3 is 34.3 Å². The second-order valence-electron chi connectivity index (χ2n) is 13.7. The van der Waals surface area contributed by atoms with Crippen LogP contribution in [0.25, 0.3) is 0 Å². The molecule has 6 aliphatic rings. The second kappa shape index (κ2) is 10.5. The van der Waals surface area contributed by atoms with E-state index in [1.807, 2.05) is 26.0 Å². The molecule has 3 heterocycles. The van der Waals surface area contributed by atoms with E-state index in [-0.39, 0.29) is 5.92 Å². The van der Waals surface area contributed by atoms with Crippen molar-refractivity contribution in [2.24, 2.45) is 17.8 Å². The fourth-order valence-electron chi connectivity index (χ4n) is 8.98. The van der Waals surface area contributed by atoms with E-state index in [1.165, 1.54) is 38.5 Å². The molecule has 42 heavy (non-hydrogen) atoms. The molecule has 3 N–H and O–H groups in total. The average molecular weight is 585 g/mol. The summed E-state index contributed by atoms with van der Waals surface area (Å²) in [4.78, 5) is 13.5. The number of epoxide rings is 1. The zero-order valence-electron chi connectivity index (χ0n) is 25.5. The maximum absolute atomic E-state index is 13.5. The molecule has 0 spiro atoms. The van der Waals surface area contributed by atoms with Crippen LogP contribution in [0.3, 0.4) is 0 Å². The molecule has 3 aliphatic heterocycles. The van der Waals surface area contributed by atoms with E-state index < -0.39 is 70.9 Å². The summed E-state index contributed by atoms with van der Waals surface area (Å²) in [6.45, 7) is 11.6. The van der Waals surface area contributed by atoms with Crippen LogP contribution in [0.5, 0.6) is 0 Å². The van der Waals surface area contributed by atoms with E-state index in [9.17, 15) is 20.1 Å². The summed E-state index contributed by atoms with van der Waals surface area (Å²) >= 11 is 0. The highest BCUT2D eigenvalue weighted by Gasteiger charge is 2.88. The van der Waals surface area contributed by atoms with Gasteiger partial charge in [-0.05, 0) is 50.2 Å². The lowest BCUT2D eigenvalue weighted by Gasteiger charge is -2.59. The Morgan fingerprint density at radius 2 is 1.81 bits per heavy atom. The average Bonchev–Trinajstić information content (AvgIpc) is 3.60. The van der Waals surface area contributed by atoms with E-state index >= 15 is 0 Å². The number of aliphatic hydroxyl groups is 3. The van der Waals surface area contributed by atoms with Gasteiger partial charge in [0.1, 0.15) is 29.5 Å². The summed E-state index contributed by atoms with van der Waals surface area (Å²) in [6, 6.07) is 0. The number of hydrogen-bond acceptors (Lipinski definition) is 8. The Bertz CT molecular complexity index is 1210. The third kappa shape index (κ3) is 3.95. The Morgan fingerprint density at radius 1 is 1.10 bits per heavy atom. The van der Waals surface area contributed by atoms with E-state index in [2.05, 4.69) is 19.6 Å². The first kappa shape index (κ1) is 30.4. The van der Waals surface area contributed by atoms with Crippen molar-refractivity contribution in [1.29, 1.82) is 0 Å². The number of fused-ring (bicyclic) bond motifs is 3. The zero-order valence-corrected chi connectivity index (χ0v) is 25.5. The maximum atomic E-state index is 13.5. The highest BCUT2D eigenvalue weighted by Crippen LogP contribution is 2.72. The minimum Gasteiger partial charge on any atom is -0.393 e. The van der Waals surface area contributed by atoms with E-state index in [4.69, 9.17) is 18.9 Å². The minimum atomic E-state index is -2.22. The van der Waals surface area contributed by atoms with Crippen molar-refractivity contribution in [2.45, 2.75) is 132 Å². The quantitative estimate of drug-likeness (QED) is 0.134. The Labute approximate surface area is 249 Å². The number of unbranched alkanes of at least 4 members (excludes halogenated alkanes) is 7. The topological polar surface area (TPSA) is 118 Å². The molecule has 5 fully saturated rings. The van der Waals surface area contributed by atoms with Gasteiger partial charge in [0.2, 0.25) is 0 Å². The third-order valence-electron chi connectivity index (χ3n) is 11.2. The number of allylic oxidation sites excluding steroid dienone is 3. The van der Waals surface area contributed by atoms with Gasteiger partial charge in [-0.1, -0.05) is 83.3 Å². The Kier molecular flexibility index (Phi) is 7.57. The lowest BCUT2D eigenvalue weighted by Crippen LogP contribution is -2.72. The van der Waals surface area contributed by atoms with Gasteiger partial charge >= 0.3 is 5.97 Å². The third-order valence-corrected chi connectivity index (χ3v) is 11.2. The predicted octanol–water partition coefficient (Wildman–Crippen LogP) is 4.43. The van der Waals surface area contributed by atoms with Crippen molar-refractivity contribution in [3.8, 4) is 0 Å². The predicted molar refractivity (Wildman–Crippen MR) is 156 cm³/mol. The van der Waals surface area contributed by atoms with Crippen LogP contribution in [-0.4, -0.2) is 74.4 Å². The van der Waals surface area contributed by atoms with Crippen molar-refractivity contribution < 1.29 is 39.1 Å². The van der Waals surface area contributed by atoms with Crippen LogP contribution in [0.1, 0.15) is 85.5 Å². The molecule has 0 radical (unpaired) electrons. The number of aliphatic hydroxyl groups excluding tert-OH is 2. The molecule has 11 atom stereocenters. The smallest absolute Gasteiger partial charge is 0.306 e. The second-order valence-corrected chi connectivity index (χ2v) is 13.7. The van der Waals surface area contributed by atoms with Gasteiger partial charge in [-0.15, -0.1) is 0 Å². The first-order chi connectivity index (χ1) is 20.0. The molecule has 3 aliphatic carbocycles. The summed E-state index contributed by atoms with van der Waals surface area (Å²) in [5, 5.41) is 34.2. The fraction of sp³-hybridized carbons (Fsp3) is 0.735. The molecule has 8 heteroatoms. The Hall–Kier alpha value is -1.65. The first-order valence-corrected chi connectivity index (χ1v) is 16.0. The van der Waals surface area contributed by atoms with E-state index in [0.717, 1.165) is 18.4 Å². The molecular formula is C34H48O8. The van der Waals surface area contributed by atoms with E-state index in [1.54, 1.807) is 19.1 Å². The molecule has 0 amide bonds. The van der Waals surface area contributed by atoms with Gasteiger partial charge in [0.15, 0.2) is 11.4 Å². The summed E-state index contributed by atoms with van der Waals surface area (Å²) in [7, 11) is 0. The van der Waals surface area contributed by atoms with Crippen molar-refractivity contribution in [2.75, 3.05) is 6.61 Å². The van der Waals surface area contributed by atoms with Gasteiger partial charge in [-0.25, -0.2) is 0 Å². The molecule has 0 aromatic heterocycles. The van der Waals surface area contributed by atoms with Gasteiger partial charge in [-0.2, -0.15) is 0 Å². The molecule has 0 aromatic rings. The van der Waals surface area contributed by atoms with Crippen LogP contribution in [0.4, 0.5) is 0 Å². The molecule has 0 aromatic carbocycles. The van der Waals surface area contributed by atoms with Gasteiger partial charge in [0.05, 0.1) is 12.2 Å². The number of ether oxygens (including phenoxy) is 4. The molecular weight excluding hydrogens is 536 g/mol. The number of Topliss-reactive ketones (excluding diaryl/α,β-unsaturated/α-hetero) is 1. The highest BCUT2D eigenvalue weighted by molar-refractivity contribution is 6.05. The summed E-state index contributed by atoms with van der Waals surface area (Å²) in [6.07, 6.45) is 16.9. The Balaban J connectivity index is 1.31. The SMILES string of the molecule is C=C(C)[C@]12C[C@H](C)[C@]34O[C@](/C=C\C=C\CCCCCCCCC)(O[C@@H]1[C@@H]3[C@@H]1O[C@]1(CO)[C@@H](O)[C@]1(O)C(=O)C(C)=C[C@H]14)O2. The van der Waals surface area contributed by atoms with Crippen LogP contribution >= 0.6 is 0 Å². The summed E-state index contributed by atoms with van der Waals surface area (Å²) in [5.41, 5.74) is -4.66.